The Morgan fingerprint density at radius 2 is 2.00 bits per heavy atom. The van der Waals surface area contributed by atoms with E-state index in [1.165, 1.54) is 25.3 Å². The van der Waals surface area contributed by atoms with Gasteiger partial charge in [-0.15, -0.1) is 0 Å². The Morgan fingerprint density at radius 1 is 1.22 bits per heavy atom. The molecular formula is C18H13F3N2O3S. The fourth-order valence-corrected chi connectivity index (χ4v) is 3.13. The van der Waals surface area contributed by atoms with Crippen molar-refractivity contribution in [3.05, 3.63) is 58.5 Å². The Morgan fingerprint density at radius 3 is 2.70 bits per heavy atom. The van der Waals surface area contributed by atoms with Gasteiger partial charge in [-0.25, -0.2) is 4.99 Å². The van der Waals surface area contributed by atoms with Gasteiger partial charge in [0.2, 0.25) is 0 Å². The van der Waals surface area contributed by atoms with Gasteiger partial charge in [-0.05, 0) is 53.7 Å². The lowest BCUT2D eigenvalue weighted by Gasteiger charge is -2.06. The number of ether oxygens (including phenoxy) is 1. The van der Waals surface area contributed by atoms with Crippen molar-refractivity contribution in [2.24, 2.45) is 4.99 Å². The highest BCUT2D eigenvalue weighted by atomic mass is 32.2. The lowest BCUT2D eigenvalue weighted by molar-refractivity contribution is -0.137. The highest BCUT2D eigenvalue weighted by Gasteiger charge is 2.30. The number of thioether (sulfide) groups is 1. The molecule has 0 radical (unpaired) electrons. The van der Waals surface area contributed by atoms with Crippen LogP contribution in [0.3, 0.4) is 0 Å². The number of amidine groups is 1. The molecule has 1 aliphatic heterocycles. The number of carbonyl (C=O) groups is 1. The first-order valence-electron chi connectivity index (χ1n) is 7.60. The van der Waals surface area contributed by atoms with Gasteiger partial charge in [0.1, 0.15) is 0 Å². The summed E-state index contributed by atoms with van der Waals surface area (Å²) < 4.78 is 43.3. The minimum absolute atomic E-state index is 0.0324. The molecule has 2 aromatic carbocycles. The van der Waals surface area contributed by atoms with Crippen LogP contribution in [-0.2, 0) is 11.0 Å². The van der Waals surface area contributed by atoms with Crippen molar-refractivity contribution >= 4 is 34.6 Å². The van der Waals surface area contributed by atoms with Gasteiger partial charge in [0.25, 0.3) is 5.91 Å². The molecule has 0 saturated carbocycles. The van der Waals surface area contributed by atoms with Gasteiger partial charge in [-0.2, -0.15) is 13.2 Å². The molecule has 3 rings (SSSR count). The van der Waals surface area contributed by atoms with Crippen molar-refractivity contribution in [1.29, 1.82) is 0 Å². The number of phenolic OH excluding ortho intramolecular Hbond substituents is 1. The predicted molar refractivity (Wildman–Crippen MR) is 96.9 cm³/mol. The number of phenols is 1. The van der Waals surface area contributed by atoms with Gasteiger partial charge in [0, 0.05) is 0 Å². The summed E-state index contributed by atoms with van der Waals surface area (Å²) in [4.78, 5) is 16.5. The van der Waals surface area contributed by atoms with Crippen LogP contribution in [0.2, 0.25) is 0 Å². The second kappa shape index (κ2) is 7.36. The van der Waals surface area contributed by atoms with E-state index in [2.05, 4.69) is 10.3 Å². The number of carbonyl (C=O) groups excluding carboxylic acids is 1. The van der Waals surface area contributed by atoms with Crippen LogP contribution in [0.1, 0.15) is 11.1 Å². The number of alkyl halides is 3. The fourth-order valence-electron chi connectivity index (χ4n) is 2.28. The fraction of sp³-hybridized carbons (Fsp3) is 0.111. The van der Waals surface area contributed by atoms with Gasteiger partial charge >= 0.3 is 6.18 Å². The molecule has 1 heterocycles. The van der Waals surface area contributed by atoms with E-state index in [0.29, 0.717) is 10.5 Å². The van der Waals surface area contributed by atoms with E-state index in [1.54, 1.807) is 18.2 Å². The lowest BCUT2D eigenvalue weighted by Crippen LogP contribution is -2.19. The zero-order valence-electron chi connectivity index (χ0n) is 13.9. The van der Waals surface area contributed by atoms with Gasteiger partial charge in [0.15, 0.2) is 16.7 Å². The van der Waals surface area contributed by atoms with E-state index in [4.69, 9.17) is 4.74 Å². The Hall–Kier alpha value is -2.94. The monoisotopic (exact) mass is 394 g/mol. The third-order valence-corrected chi connectivity index (χ3v) is 4.47. The Bertz CT molecular complexity index is 955. The molecule has 140 valence electrons. The zero-order valence-corrected chi connectivity index (χ0v) is 14.7. The molecule has 0 spiro atoms. The molecule has 5 nitrogen and oxygen atoms in total. The van der Waals surface area contributed by atoms with Crippen LogP contribution < -0.4 is 10.1 Å². The average molecular weight is 394 g/mol. The first-order chi connectivity index (χ1) is 12.8. The first-order valence-corrected chi connectivity index (χ1v) is 8.42. The highest BCUT2D eigenvalue weighted by molar-refractivity contribution is 8.18. The normalized spacial score (nSPS) is 17.4. The maximum Gasteiger partial charge on any atom is 0.416 e. The van der Waals surface area contributed by atoms with E-state index >= 15 is 0 Å². The first kappa shape index (κ1) is 18.8. The number of hydrogen-bond donors (Lipinski definition) is 2. The van der Waals surface area contributed by atoms with Gasteiger partial charge < -0.3 is 15.2 Å². The number of rotatable bonds is 3. The zero-order chi connectivity index (χ0) is 19.6. The number of benzene rings is 2. The number of nitrogens with zero attached hydrogens (tertiary/aromatic N) is 1. The molecule has 0 unspecified atom stereocenters. The summed E-state index contributed by atoms with van der Waals surface area (Å²) in [5.74, 6) is -0.196. The van der Waals surface area contributed by atoms with E-state index < -0.39 is 17.6 Å². The molecule has 2 aromatic rings. The van der Waals surface area contributed by atoms with Crippen molar-refractivity contribution in [3.63, 3.8) is 0 Å². The van der Waals surface area contributed by atoms with E-state index in [9.17, 15) is 23.1 Å². The molecule has 0 aromatic heterocycles. The summed E-state index contributed by atoms with van der Waals surface area (Å²) >= 11 is 1.01. The molecule has 0 atom stereocenters. The van der Waals surface area contributed by atoms with E-state index in [1.807, 2.05) is 0 Å². The molecule has 0 aliphatic carbocycles. The molecule has 0 bridgehead atoms. The van der Waals surface area contributed by atoms with E-state index in [0.717, 1.165) is 23.9 Å². The summed E-state index contributed by atoms with van der Waals surface area (Å²) in [6.07, 6.45) is -2.90. The SMILES string of the molecule is COc1cc(C=C2SC(=Nc3cccc(C(F)(F)F)c3)NC2=O)ccc1O. The number of hydrogen-bond acceptors (Lipinski definition) is 5. The quantitative estimate of drug-likeness (QED) is 0.761. The van der Waals surface area contributed by atoms with Crippen LogP contribution >= 0.6 is 11.8 Å². The van der Waals surface area contributed by atoms with Crippen molar-refractivity contribution in [2.45, 2.75) is 6.18 Å². The van der Waals surface area contributed by atoms with Crippen molar-refractivity contribution in [3.8, 4) is 11.5 Å². The Balaban J connectivity index is 1.84. The summed E-state index contributed by atoms with van der Waals surface area (Å²) in [5.41, 5.74) is -0.117. The third kappa shape index (κ3) is 4.43. The minimum atomic E-state index is -4.47. The third-order valence-electron chi connectivity index (χ3n) is 3.56. The lowest BCUT2D eigenvalue weighted by atomic mass is 10.2. The number of halogens is 3. The van der Waals surface area contributed by atoms with Gasteiger partial charge in [-0.1, -0.05) is 12.1 Å². The maximum atomic E-state index is 12.8. The largest absolute Gasteiger partial charge is 0.504 e. The second-order valence-corrected chi connectivity index (χ2v) is 6.49. The smallest absolute Gasteiger partial charge is 0.416 e. The number of nitrogens with one attached hydrogen (secondary N) is 1. The average Bonchev–Trinajstić information content (AvgIpc) is 2.95. The molecular weight excluding hydrogens is 381 g/mol. The molecule has 1 fully saturated rings. The van der Waals surface area contributed by atoms with Crippen LogP contribution in [0, 0.1) is 0 Å². The van der Waals surface area contributed by atoms with Crippen LogP contribution in [0.15, 0.2) is 52.4 Å². The van der Waals surface area contributed by atoms with Gasteiger partial charge in [0.05, 0.1) is 23.3 Å². The second-order valence-electron chi connectivity index (χ2n) is 5.46. The van der Waals surface area contributed by atoms with Gasteiger partial charge in [-0.3, -0.25) is 4.79 Å². The summed E-state index contributed by atoms with van der Waals surface area (Å²) in [6.45, 7) is 0. The van der Waals surface area contributed by atoms with Crippen molar-refractivity contribution < 1.29 is 27.8 Å². The number of aromatic hydroxyl groups is 1. The number of amides is 1. The van der Waals surface area contributed by atoms with Crippen molar-refractivity contribution in [2.75, 3.05) is 7.11 Å². The molecule has 27 heavy (non-hydrogen) atoms. The Labute approximate surface area is 156 Å². The van der Waals surface area contributed by atoms with Crippen LogP contribution in [0.25, 0.3) is 6.08 Å². The summed E-state index contributed by atoms with van der Waals surface area (Å²) in [6, 6.07) is 9.11. The van der Waals surface area contributed by atoms with Crippen LogP contribution in [0.4, 0.5) is 18.9 Å². The summed E-state index contributed by atoms with van der Waals surface area (Å²) in [7, 11) is 1.41. The Kier molecular flexibility index (Phi) is 5.13. The predicted octanol–water partition coefficient (Wildman–Crippen LogP) is 4.31. The molecule has 9 heteroatoms. The molecule has 1 amide bonds. The van der Waals surface area contributed by atoms with Crippen LogP contribution in [-0.4, -0.2) is 23.3 Å². The number of aliphatic imine (C=N–C) groups is 1. The molecule has 1 saturated heterocycles. The highest BCUT2D eigenvalue weighted by Crippen LogP contribution is 2.34. The van der Waals surface area contributed by atoms with Crippen molar-refractivity contribution in [1.82, 2.24) is 5.32 Å². The maximum absolute atomic E-state index is 12.8. The van der Waals surface area contributed by atoms with Crippen LogP contribution in [0.5, 0.6) is 11.5 Å². The molecule has 1 aliphatic rings. The standard InChI is InChI=1S/C18H13F3N2O3S/c1-26-14-7-10(5-6-13(14)24)8-15-16(25)23-17(27-15)22-12-4-2-3-11(9-12)18(19,20)21/h2-9,24H,1H3,(H,22,23,25). The minimum Gasteiger partial charge on any atom is -0.504 e. The topological polar surface area (TPSA) is 70.9 Å². The molecule has 2 N–H and O–H groups in total. The number of methoxy groups -OCH3 is 1. The summed E-state index contributed by atoms with van der Waals surface area (Å²) in [5, 5.41) is 12.3. The van der Waals surface area contributed by atoms with E-state index in [-0.39, 0.29) is 22.4 Å².